The first-order valence-corrected chi connectivity index (χ1v) is 16.7. The zero-order chi connectivity index (χ0) is 30.5. The van der Waals surface area contributed by atoms with Crippen molar-refractivity contribution in [1.29, 1.82) is 0 Å². The van der Waals surface area contributed by atoms with E-state index < -0.39 is 11.1 Å². The van der Waals surface area contributed by atoms with E-state index in [0.29, 0.717) is 25.0 Å². The van der Waals surface area contributed by atoms with E-state index in [1.54, 1.807) is 0 Å². The lowest BCUT2D eigenvalue weighted by atomic mass is 9.86. The van der Waals surface area contributed by atoms with Crippen LogP contribution in [0.5, 0.6) is 0 Å². The average molecular weight is 703 g/mol. The number of allylic oxidation sites excluding steroid dienone is 3. The molecule has 4 atom stereocenters. The van der Waals surface area contributed by atoms with Crippen molar-refractivity contribution in [2.75, 3.05) is 13.2 Å². The maximum Gasteiger partial charge on any atom is 0.216 e. The Morgan fingerprint density at radius 2 is 1.23 bits per heavy atom. The summed E-state index contributed by atoms with van der Waals surface area (Å²) in [5.74, 6) is 1.41. The molecule has 0 spiro atoms. The lowest BCUT2D eigenvalue weighted by Gasteiger charge is -2.28. The SMILES string of the molecule is CC1=C(c2ccc(C)cc2)C=C(C2=N[C@](C)(C[C@]3(C)COC(c4ccc(C)c(-c5ccc(C)cc5)c4)=N3)CO2)C(Br)C1Br. The monoisotopic (exact) mass is 700 g/mol. The number of alkyl halides is 2. The lowest BCUT2D eigenvalue weighted by Crippen LogP contribution is -2.37. The molecule has 2 aliphatic heterocycles. The number of halogens is 2. The van der Waals surface area contributed by atoms with Crippen molar-refractivity contribution in [2.24, 2.45) is 9.98 Å². The molecule has 0 bridgehead atoms. The van der Waals surface area contributed by atoms with Crippen molar-refractivity contribution in [3.8, 4) is 11.1 Å². The first kappa shape index (κ1) is 30.1. The zero-order valence-corrected chi connectivity index (χ0v) is 28.8. The molecule has 6 rings (SSSR count). The van der Waals surface area contributed by atoms with Crippen LogP contribution in [-0.2, 0) is 9.47 Å². The third kappa shape index (κ3) is 6.06. The van der Waals surface area contributed by atoms with Crippen LogP contribution in [0.15, 0.2) is 93.9 Å². The molecule has 0 amide bonds. The number of benzene rings is 3. The minimum atomic E-state index is -0.414. The van der Waals surface area contributed by atoms with Gasteiger partial charge in [-0.3, -0.25) is 0 Å². The van der Waals surface area contributed by atoms with Crippen LogP contribution in [0.4, 0.5) is 0 Å². The van der Waals surface area contributed by atoms with E-state index >= 15 is 0 Å². The number of nitrogens with zero attached hydrogens (tertiary/aromatic N) is 2. The summed E-state index contributed by atoms with van der Waals surface area (Å²) in [6, 6.07) is 23.8. The normalized spacial score (nSPS) is 26.9. The van der Waals surface area contributed by atoms with Gasteiger partial charge in [-0.2, -0.15) is 0 Å². The average Bonchev–Trinajstić information content (AvgIpc) is 3.55. The van der Waals surface area contributed by atoms with Crippen molar-refractivity contribution < 1.29 is 9.47 Å². The molecule has 3 aromatic carbocycles. The van der Waals surface area contributed by atoms with Gasteiger partial charge in [0.15, 0.2) is 0 Å². The molecule has 222 valence electrons. The fraction of sp³-hybridized carbons (Fsp3) is 0.351. The molecule has 4 nitrogen and oxygen atoms in total. The molecule has 43 heavy (non-hydrogen) atoms. The molecule has 2 unspecified atom stereocenters. The first-order chi connectivity index (χ1) is 20.4. The molecule has 0 fully saturated rings. The second-order valence-corrected chi connectivity index (χ2v) is 14.8. The number of hydrogen-bond donors (Lipinski definition) is 0. The van der Waals surface area contributed by atoms with Gasteiger partial charge in [0.25, 0.3) is 0 Å². The molecule has 0 aromatic heterocycles. The minimum absolute atomic E-state index is 0.0575. The van der Waals surface area contributed by atoms with Crippen molar-refractivity contribution in [3.63, 3.8) is 0 Å². The Hall–Kier alpha value is -2.96. The van der Waals surface area contributed by atoms with Crippen LogP contribution in [0, 0.1) is 20.8 Å². The maximum absolute atomic E-state index is 6.34. The summed E-state index contributed by atoms with van der Waals surface area (Å²) in [6.07, 6.45) is 2.96. The Kier molecular flexibility index (Phi) is 8.06. The quantitative estimate of drug-likeness (QED) is 0.241. The summed E-state index contributed by atoms with van der Waals surface area (Å²) in [5.41, 5.74) is 11.1. The van der Waals surface area contributed by atoms with E-state index in [2.05, 4.69) is 146 Å². The Labute approximate surface area is 272 Å². The van der Waals surface area contributed by atoms with Gasteiger partial charge in [0.05, 0.1) is 20.7 Å². The predicted molar refractivity (Wildman–Crippen MR) is 186 cm³/mol. The number of ether oxygens (including phenoxy) is 2. The van der Waals surface area contributed by atoms with E-state index in [1.165, 1.54) is 44.5 Å². The Morgan fingerprint density at radius 1 is 0.698 bits per heavy atom. The number of rotatable bonds is 6. The fourth-order valence-corrected chi connectivity index (χ4v) is 7.52. The molecule has 1 aliphatic carbocycles. The summed E-state index contributed by atoms with van der Waals surface area (Å²) in [7, 11) is 0. The molecular weight excluding hydrogens is 664 g/mol. The first-order valence-electron chi connectivity index (χ1n) is 14.8. The highest BCUT2D eigenvalue weighted by Crippen LogP contribution is 2.42. The van der Waals surface area contributed by atoms with E-state index in [4.69, 9.17) is 19.5 Å². The molecule has 3 aromatic rings. The summed E-state index contributed by atoms with van der Waals surface area (Å²) in [6.45, 7) is 13.9. The molecular formula is C37H38Br2N2O2. The summed E-state index contributed by atoms with van der Waals surface area (Å²) < 4.78 is 12.6. The maximum atomic E-state index is 6.34. The van der Waals surface area contributed by atoms with E-state index in [-0.39, 0.29) is 9.65 Å². The van der Waals surface area contributed by atoms with Crippen LogP contribution < -0.4 is 0 Å². The van der Waals surface area contributed by atoms with Gasteiger partial charge in [-0.05, 0) is 87.6 Å². The van der Waals surface area contributed by atoms with Gasteiger partial charge >= 0.3 is 0 Å². The largest absolute Gasteiger partial charge is 0.475 e. The van der Waals surface area contributed by atoms with Gasteiger partial charge in [0.1, 0.15) is 13.2 Å². The van der Waals surface area contributed by atoms with Gasteiger partial charge in [-0.25, -0.2) is 9.98 Å². The molecule has 0 saturated heterocycles. The van der Waals surface area contributed by atoms with Gasteiger partial charge in [0, 0.05) is 17.6 Å². The van der Waals surface area contributed by atoms with E-state index in [1.807, 2.05) is 0 Å². The van der Waals surface area contributed by atoms with Gasteiger partial charge in [0.2, 0.25) is 11.8 Å². The van der Waals surface area contributed by atoms with E-state index in [0.717, 1.165) is 17.6 Å². The third-order valence-electron chi connectivity index (χ3n) is 8.69. The molecule has 0 saturated carbocycles. The van der Waals surface area contributed by atoms with E-state index in [9.17, 15) is 0 Å². The highest BCUT2D eigenvalue weighted by molar-refractivity contribution is 9.12. The fourth-order valence-electron chi connectivity index (χ4n) is 6.26. The molecule has 6 heteroatoms. The number of aryl methyl sites for hydroxylation is 3. The minimum Gasteiger partial charge on any atom is -0.475 e. The van der Waals surface area contributed by atoms with Crippen LogP contribution in [0.1, 0.15) is 55.0 Å². The van der Waals surface area contributed by atoms with Crippen LogP contribution >= 0.6 is 31.9 Å². The summed E-state index contributed by atoms with van der Waals surface area (Å²) in [4.78, 5) is 10.5. The molecule has 3 aliphatic rings. The smallest absolute Gasteiger partial charge is 0.216 e. The van der Waals surface area contributed by atoms with Gasteiger partial charge in [-0.15, -0.1) is 0 Å². The summed E-state index contributed by atoms with van der Waals surface area (Å²) >= 11 is 7.86. The van der Waals surface area contributed by atoms with Crippen molar-refractivity contribution in [3.05, 3.63) is 112 Å². The van der Waals surface area contributed by atoms with Crippen LogP contribution in [0.2, 0.25) is 0 Å². The standard InChI is InChI=1S/C37H38Br2N2O2/c1-22-7-12-26(13-8-22)29-17-28(16-11-24(29)3)34-40-36(5,20-42-34)19-37(6)21-43-35(41-37)31-18-30(25(4)32(38)33(31)39)27-14-9-23(2)10-15-27/h7-18,32-33H,19-21H2,1-6H3/t32?,33?,36-,37-/m1/s1. The van der Waals surface area contributed by atoms with Gasteiger partial charge in [-0.1, -0.05) is 103 Å². The summed E-state index contributed by atoms with van der Waals surface area (Å²) in [5, 5.41) is 0. The number of hydrogen-bond acceptors (Lipinski definition) is 4. The number of aliphatic imine (C=N–C) groups is 2. The Balaban J connectivity index is 1.25. The van der Waals surface area contributed by atoms with Gasteiger partial charge < -0.3 is 9.47 Å². The van der Waals surface area contributed by atoms with Crippen molar-refractivity contribution in [1.82, 2.24) is 0 Å². The van der Waals surface area contributed by atoms with Crippen LogP contribution in [0.25, 0.3) is 16.7 Å². The topological polar surface area (TPSA) is 43.2 Å². The molecule has 0 radical (unpaired) electrons. The van der Waals surface area contributed by atoms with Crippen LogP contribution in [-0.4, -0.2) is 45.7 Å². The lowest BCUT2D eigenvalue weighted by molar-refractivity contribution is 0.194. The van der Waals surface area contributed by atoms with Crippen molar-refractivity contribution >= 4 is 49.2 Å². The van der Waals surface area contributed by atoms with Crippen molar-refractivity contribution in [2.45, 2.75) is 68.7 Å². The second kappa shape index (κ2) is 11.5. The highest BCUT2D eigenvalue weighted by Gasteiger charge is 2.44. The second-order valence-electron chi connectivity index (χ2n) is 12.8. The molecule has 2 heterocycles. The third-order valence-corrected chi connectivity index (χ3v) is 11.6. The van der Waals surface area contributed by atoms with Crippen LogP contribution in [0.3, 0.4) is 0 Å². The highest BCUT2D eigenvalue weighted by atomic mass is 79.9. The Morgan fingerprint density at radius 3 is 1.86 bits per heavy atom. The molecule has 0 N–H and O–H groups in total. The zero-order valence-electron chi connectivity index (χ0n) is 25.7. The Bertz CT molecular complexity index is 1690. The predicted octanol–water partition coefficient (Wildman–Crippen LogP) is 9.33.